The lowest BCUT2D eigenvalue weighted by molar-refractivity contribution is 0.0691. The van der Waals surface area contributed by atoms with Crippen LogP contribution in [0.3, 0.4) is 0 Å². The van der Waals surface area contributed by atoms with Crippen molar-refractivity contribution in [2.45, 2.75) is 6.61 Å². The molecule has 2 aromatic rings. The lowest BCUT2D eigenvalue weighted by Crippen LogP contribution is -2.04. The summed E-state index contributed by atoms with van der Waals surface area (Å²) in [5, 5.41) is 8.98. The average Bonchev–Trinajstić information content (AvgIpc) is 2.40. The Morgan fingerprint density at radius 2 is 2.21 bits per heavy atom. The van der Waals surface area contributed by atoms with Crippen LogP contribution in [-0.4, -0.2) is 16.1 Å². The number of pyridine rings is 1. The van der Waals surface area contributed by atoms with Gasteiger partial charge in [0.25, 0.3) is 0 Å². The predicted molar refractivity (Wildman–Crippen MR) is 69.6 cm³/mol. The van der Waals surface area contributed by atoms with Crippen molar-refractivity contribution in [3.63, 3.8) is 0 Å². The van der Waals surface area contributed by atoms with Crippen LogP contribution < -0.4 is 4.74 Å². The molecular weight excluding hydrogens is 317 g/mol. The molecule has 19 heavy (non-hydrogen) atoms. The first-order valence-electron chi connectivity index (χ1n) is 5.32. The van der Waals surface area contributed by atoms with E-state index >= 15 is 0 Å². The van der Waals surface area contributed by atoms with Crippen molar-refractivity contribution in [2.75, 3.05) is 0 Å². The van der Waals surface area contributed by atoms with Gasteiger partial charge in [0.15, 0.2) is 5.75 Å². The fraction of sp³-hybridized carbons (Fsp3) is 0.0769. The van der Waals surface area contributed by atoms with E-state index in [2.05, 4.69) is 20.9 Å². The maximum atomic E-state index is 13.1. The van der Waals surface area contributed by atoms with E-state index in [1.54, 1.807) is 12.1 Å². The zero-order valence-electron chi connectivity index (χ0n) is 9.64. The first-order valence-corrected chi connectivity index (χ1v) is 6.11. The molecule has 1 aromatic heterocycles. The van der Waals surface area contributed by atoms with Gasteiger partial charge < -0.3 is 9.84 Å². The van der Waals surface area contributed by atoms with Crippen molar-refractivity contribution < 1.29 is 19.0 Å². The Morgan fingerprint density at radius 3 is 2.89 bits per heavy atom. The number of nitrogens with zero attached hydrogens (tertiary/aromatic N) is 1. The van der Waals surface area contributed by atoms with Crippen LogP contribution in [0.5, 0.6) is 5.75 Å². The molecule has 98 valence electrons. The van der Waals surface area contributed by atoms with Gasteiger partial charge in [-0.15, -0.1) is 0 Å². The summed E-state index contributed by atoms with van der Waals surface area (Å²) in [6, 6.07) is 5.81. The Balaban J connectivity index is 2.14. The normalized spacial score (nSPS) is 10.2. The second-order valence-electron chi connectivity index (χ2n) is 3.71. The number of benzene rings is 1. The highest BCUT2D eigenvalue weighted by Crippen LogP contribution is 2.20. The van der Waals surface area contributed by atoms with Gasteiger partial charge in [0.2, 0.25) is 0 Å². The van der Waals surface area contributed by atoms with Crippen LogP contribution in [0.4, 0.5) is 4.39 Å². The van der Waals surface area contributed by atoms with Crippen LogP contribution in [0.1, 0.15) is 15.9 Å². The Labute approximate surface area is 117 Å². The van der Waals surface area contributed by atoms with Crippen LogP contribution in [0.2, 0.25) is 0 Å². The number of ether oxygens (including phenoxy) is 1. The summed E-state index contributed by atoms with van der Waals surface area (Å²) < 4.78 is 18.8. The van der Waals surface area contributed by atoms with E-state index in [1.807, 2.05) is 0 Å². The average molecular weight is 326 g/mol. The molecule has 0 saturated heterocycles. The van der Waals surface area contributed by atoms with E-state index < -0.39 is 5.97 Å². The van der Waals surface area contributed by atoms with Crippen LogP contribution in [0.15, 0.2) is 41.1 Å². The molecule has 0 aliphatic rings. The quantitative estimate of drug-likeness (QED) is 0.937. The smallest absolute Gasteiger partial charge is 0.339 e. The van der Waals surface area contributed by atoms with E-state index in [1.165, 1.54) is 24.5 Å². The molecule has 0 saturated carbocycles. The van der Waals surface area contributed by atoms with E-state index in [4.69, 9.17) is 9.84 Å². The highest BCUT2D eigenvalue weighted by atomic mass is 79.9. The number of carboxylic acids is 1. The SMILES string of the molecule is O=C(O)c1ccncc1OCc1ccc(F)c(Br)c1. The van der Waals surface area contributed by atoms with Gasteiger partial charge >= 0.3 is 5.97 Å². The topological polar surface area (TPSA) is 59.4 Å². The molecule has 0 bridgehead atoms. The number of carboxylic acid groups (broad SMARTS) is 1. The lowest BCUT2D eigenvalue weighted by Gasteiger charge is -2.08. The summed E-state index contributed by atoms with van der Waals surface area (Å²) in [6.45, 7) is 0.130. The van der Waals surface area contributed by atoms with Crippen LogP contribution in [0.25, 0.3) is 0 Å². The van der Waals surface area contributed by atoms with E-state index in [9.17, 15) is 9.18 Å². The summed E-state index contributed by atoms with van der Waals surface area (Å²) in [6.07, 6.45) is 2.72. The fourth-order valence-electron chi connectivity index (χ4n) is 1.46. The second kappa shape index (κ2) is 5.79. The van der Waals surface area contributed by atoms with Gasteiger partial charge in [0.05, 0.1) is 10.7 Å². The van der Waals surface area contributed by atoms with Gasteiger partial charge in [-0.2, -0.15) is 0 Å². The molecule has 0 fully saturated rings. The molecule has 0 unspecified atom stereocenters. The van der Waals surface area contributed by atoms with Gasteiger partial charge in [0, 0.05) is 6.20 Å². The number of hydrogen-bond donors (Lipinski definition) is 1. The molecule has 2 rings (SSSR count). The van der Waals surface area contributed by atoms with E-state index in [0.29, 0.717) is 10.0 Å². The predicted octanol–water partition coefficient (Wildman–Crippen LogP) is 3.26. The number of aromatic carboxylic acids is 1. The Hall–Kier alpha value is -1.95. The summed E-state index contributed by atoms with van der Waals surface area (Å²) in [4.78, 5) is 14.8. The third-order valence-corrected chi connectivity index (χ3v) is 3.00. The molecular formula is C13H9BrFNO3. The summed E-state index contributed by atoms with van der Waals surface area (Å²) in [5.41, 5.74) is 0.754. The molecule has 0 atom stereocenters. The molecule has 1 N–H and O–H groups in total. The Kier molecular flexibility index (Phi) is 4.11. The van der Waals surface area contributed by atoms with E-state index in [0.717, 1.165) is 0 Å². The van der Waals surface area contributed by atoms with Gasteiger partial charge in [-0.05, 0) is 39.7 Å². The Bertz CT molecular complexity index is 619. The largest absolute Gasteiger partial charge is 0.486 e. The molecule has 6 heteroatoms. The highest BCUT2D eigenvalue weighted by molar-refractivity contribution is 9.10. The Morgan fingerprint density at radius 1 is 1.42 bits per heavy atom. The van der Waals surface area contributed by atoms with Crippen molar-refractivity contribution in [1.29, 1.82) is 0 Å². The monoisotopic (exact) mass is 325 g/mol. The number of carbonyl (C=O) groups is 1. The molecule has 1 heterocycles. The summed E-state index contributed by atoms with van der Waals surface area (Å²) in [7, 11) is 0. The minimum absolute atomic E-state index is 0.0381. The zero-order chi connectivity index (χ0) is 13.8. The molecule has 0 aliphatic carbocycles. The molecule has 0 aliphatic heterocycles. The minimum Gasteiger partial charge on any atom is -0.486 e. The van der Waals surface area contributed by atoms with Gasteiger partial charge in [-0.1, -0.05) is 6.07 Å². The second-order valence-corrected chi connectivity index (χ2v) is 4.57. The first-order chi connectivity index (χ1) is 9.08. The number of hydrogen-bond acceptors (Lipinski definition) is 3. The maximum absolute atomic E-state index is 13.1. The van der Waals surface area contributed by atoms with Crippen molar-refractivity contribution in [1.82, 2.24) is 4.98 Å². The molecule has 0 radical (unpaired) electrons. The third kappa shape index (κ3) is 3.29. The zero-order valence-corrected chi connectivity index (χ0v) is 11.2. The van der Waals surface area contributed by atoms with Crippen LogP contribution >= 0.6 is 15.9 Å². The van der Waals surface area contributed by atoms with Crippen molar-refractivity contribution in [3.8, 4) is 5.75 Å². The van der Waals surface area contributed by atoms with Gasteiger partial charge in [-0.3, -0.25) is 4.98 Å². The van der Waals surface area contributed by atoms with Crippen molar-refractivity contribution in [2.24, 2.45) is 0 Å². The molecule has 0 amide bonds. The number of rotatable bonds is 4. The third-order valence-electron chi connectivity index (χ3n) is 2.39. The van der Waals surface area contributed by atoms with Crippen molar-refractivity contribution in [3.05, 3.63) is 58.1 Å². The van der Waals surface area contributed by atoms with Gasteiger partial charge in [-0.25, -0.2) is 9.18 Å². The maximum Gasteiger partial charge on any atom is 0.339 e. The number of halogens is 2. The molecule has 0 spiro atoms. The highest BCUT2D eigenvalue weighted by Gasteiger charge is 2.11. The van der Waals surface area contributed by atoms with Crippen LogP contribution in [0, 0.1) is 5.82 Å². The van der Waals surface area contributed by atoms with E-state index in [-0.39, 0.29) is 23.7 Å². The van der Waals surface area contributed by atoms with Crippen LogP contribution in [-0.2, 0) is 6.61 Å². The number of aromatic nitrogens is 1. The molecule has 4 nitrogen and oxygen atoms in total. The summed E-state index contributed by atoms with van der Waals surface area (Å²) >= 11 is 3.07. The summed E-state index contributed by atoms with van der Waals surface area (Å²) in [5.74, 6) is -1.27. The lowest BCUT2D eigenvalue weighted by atomic mass is 10.2. The van der Waals surface area contributed by atoms with Gasteiger partial charge in [0.1, 0.15) is 18.0 Å². The fourth-order valence-corrected chi connectivity index (χ4v) is 1.89. The first kappa shape index (κ1) is 13.5. The standard InChI is InChI=1S/C13H9BrFNO3/c14-10-5-8(1-2-11(10)15)7-19-12-6-16-4-3-9(12)13(17)18/h1-6H,7H2,(H,17,18). The molecule has 1 aromatic carbocycles. The minimum atomic E-state index is -1.09. The van der Waals surface area contributed by atoms with Crippen molar-refractivity contribution >= 4 is 21.9 Å².